The number of ketones is 2. The summed E-state index contributed by atoms with van der Waals surface area (Å²) >= 11 is 6.30. The number of Topliss-reactive ketones (excluding diaryl/α,β-unsaturated/α-hetero) is 2. The second-order valence-corrected chi connectivity index (χ2v) is 16.0. The van der Waals surface area contributed by atoms with Gasteiger partial charge < -0.3 is 19.3 Å². The largest absolute Gasteiger partial charge is 0.496 e. The zero-order valence-corrected chi connectivity index (χ0v) is 32.7. The lowest BCUT2D eigenvalue weighted by atomic mass is 9.92. The molecule has 6 rings (SSSR count). The van der Waals surface area contributed by atoms with Gasteiger partial charge in [0.25, 0.3) is 0 Å². The van der Waals surface area contributed by atoms with Crippen molar-refractivity contribution in [3.63, 3.8) is 0 Å². The van der Waals surface area contributed by atoms with Crippen LogP contribution in [0.4, 0.5) is 26.3 Å². The molecule has 0 amide bonds. The van der Waals surface area contributed by atoms with Crippen LogP contribution in [0, 0.1) is 11.8 Å². The number of carbonyl (C=O) groups is 2. The highest BCUT2D eigenvalue weighted by atomic mass is 79.9. The van der Waals surface area contributed by atoms with Gasteiger partial charge in [0.05, 0.1) is 36.5 Å². The minimum Gasteiger partial charge on any atom is -0.496 e. The van der Waals surface area contributed by atoms with E-state index in [0.717, 1.165) is 89.0 Å². The summed E-state index contributed by atoms with van der Waals surface area (Å²) in [7, 11) is 2.59. The van der Waals surface area contributed by atoms with Gasteiger partial charge in [-0.15, -0.1) is 0 Å². The van der Waals surface area contributed by atoms with E-state index in [-0.39, 0.29) is 55.0 Å². The van der Waals surface area contributed by atoms with Crippen LogP contribution in [-0.4, -0.2) is 73.8 Å². The van der Waals surface area contributed by atoms with Crippen LogP contribution >= 0.6 is 31.9 Å². The van der Waals surface area contributed by atoms with E-state index in [1.165, 1.54) is 39.9 Å². The molecule has 4 aliphatic rings. The maximum absolute atomic E-state index is 13.0. The maximum atomic E-state index is 13.0. The highest BCUT2D eigenvalue weighted by Gasteiger charge is 2.39. The summed E-state index contributed by atoms with van der Waals surface area (Å²) in [6.45, 7) is 4.34. The van der Waals surface area contributed by atoms with Crippen molar-refractivity contribution in [3.05, 3.63) is 55.5 Å². The van der Waals surface area contributed by atoms with Crippen molar-refractivity contribution in [2.75, 3.05) is 40.4 Å². The van der Waals surface area contributed by atoms with Crippen molar-refractivity contribution in [1.82, 2.24) is 9.80 Å². The third kappa shape index (κ3) is 9.73. The molecule has 2 aromatic rings. The number of methoxy groups -OCH3 is 2. The standard InChI is InChI=1S/2C19H23BrF3NO2/c2*1-26-17-11-13(19(21,22)23)10-14(20)18(17)16(25)9-12-5-4-6-15(12)24-7-2-3-8-24/h2*10-12,15H,2-9H2,1H3/t2*12-,15-/m10/s1. The van der Waals surface area contributed by atoms with Crippen LogP contribution in [-0.2, 0) is 12.4 Å². The Bertz CT molecular complexity index is 1460. The Labute approximate surface area is 318 Å². The number of halogens is 8. The molecule has 4 fully saturated rings. The van der Waals surface area contributed by atoms with Gasteiger partial charge in [0.1, 0.15) is 11.5 Å². The summed E-state index contributed by atoms with van der Waals surface area (Å²) in [5.41, 5.74) is -1.22. The molecule has 0 aromatic heterocycles. The van der Waals surface area contributed by atoms with Gasteiger partial charge in [-0.1, -0.05) is 12.8 Å². The molecule has 288 valence electrons. The Morgan fingerprint density at radius 1 is 0.615 bits per heavy atom. The molecule has 52 heavy (non-hydrogen) atoms. The van der Waals surface area contributed by atoms with E-state index in [0.29, 0.717) is 24.9 Å². The number of likely N-dealkylation sites (tertiary alicyclic amines) is 2. The lowest BCUT2D eigenvalue weighted by Gasteiger charge is -2.29. The molecule has 0 radical (unpaired) electrons. The number of alkyl halides is 6. The molecule has 2 saturated carbocycles. The first kappa shape index (κ1) is 41.0. The molecule has 2 aromatic carbocycles. The summed E-state index contributed by atoms with van der Waals surface area (Å²) in [6.07, 6.45) is 2.94. The highest BCUT2D eigenvalue weighted by molar-refractivity contribution is 9.10. The van der Waals surface area contributed by atoms with Gasteiger partial charge in [-0.3, -0.25) is 9.59 Å². The Balaban J connectivity index is 0.000000201. The monoisotopic (exact) mass is 866 g/mol. The molecule has 4 atom stereocenters. The molecule has 14 heteroatoms. The van der Waals surface area contributed by atoms with E-state index >= 15 is 0 Å². The number of hydrogen-bond acceptors (Lipinski definition) is 6. The lowest BCUT2D eigenvalue weighted by molar-refractivity contribution is -0.138. The van der Waals surface area contributed by atoms with Crippen molar-refractivity contribution < 1.29 is 45.4 Å². The third-order valence-corrected chi connectivity index (χ3v) is 12.4. The number of rotatable bonds is 10. The van der Waals surface area contributed by atoms with E-state index in [2.05, 4.69) is 41.7 Å². The molecule has 2 heterocycles. The van der Waals surface area contributed by atoms with Crippen LogP contribution in [0.1, 0.15) is 109 Å². The summed E-state index contributed by atoms with van der Waals surface area (Å²) in [4.78, 5) is 30.8. The van der Waals surface area contributed by atoms with E-state index in [1.54, 1.807) is 0 Å². The highest BCUT2D eigenvalue weighted by Crippen LogP contribution is 2.42. The second-order valence-electron chi connectivity index (χ2n) is 14.3. The summed E-state index contributed by atoms with van der Waals surface area (Å²) < 4.78 is 88.5. The van der Waals surface area contributed by atoms with Gasteiger partial charge in [0.15, 0.2) is 11.6 Å². The first-order valence-electron chi connectivity index (χ1n) is 18.1. The summed E-state index contributed by atoms with van der Waals surface area (Å²) in [5, 5.41) is 0. The van der Waals surface area contributed by atoms with E-state index in [9.17, 15) is 35.9 Å². The normalized spacial score (nSPS) is 24.2. The van der Waals surface area contributed by atoms with Crippen LogP contribution < -0.4 is 9.47 Å². The zero-order valence-electron chi connectivity index (χ0n) is 29.5. The number of nitrogens with zero attached hydrogens (tertiary/aromatic N) is 2. The molecular formula is C38H46Br2F6N2O4. The topological polar surface area (TPSA) is 59.1 Å². The van der Waals surface area contributed by atoms with Gasteiger partial charge in [-0.05, 0) is 146 Å². The molecule has 2 aliphatic carbocycles. The fourth-order valence-corrected chi connectivity index (χ4v) is 9.98. The summed E-state index contributed by atoms with van der Waals surface area (Å²) in [5.74, 6) is 0.177. The van der Waals surface area contributed by atoms with Crippen LogP contribution in [0.5, 0.6) is 11.5 Å². The van der Waals surface area contributed by atoms with Crippen LogP contribution in [0.3, 0.4) is 0 Å². The van der Waals surface area contributed by atoms with Crippen LogP contribution in [0.25, 0.3) is 0 Å². The molecular weight excluding hydrogens is 822 g/mol. The van der Waals surface area contributed by atoms with E-state index in [4.69, 9.17) is 9.47 Å². The SMILES string of the molecule is COc1cc(C(F)(F)F)cc(Br)c1C(=O)C[C@@H]1CCC[C@@H]1N1CCCC1.COc1cc(C(F)(F)F)cc(Br)c1C(=O)C[C@H]1CCC[C@H]1N1CCCC1. The fourth-order valence-electron chi connectivity index (χ4n) is 8.65. The van der Waals surface area contributed by atoms with Crippen LogP contribution in [0.15, 0.2) is 33.2 Å². The Hall–Kier alpha value is -2.16. The van der Waals surface area contributed by atoms with Crippen LogP contribution in [0.2, 0.25) is 0 Å². The van der Waals surface area contributed by atoms with Gasteiger partial charge in [-0.25, -0.2) is 0 Å². The van der Waals surface area contributed by atoms with Gasteiger partial charge in [-0.2, -0.15) is 26.3 Å². The first-order valence-corrected chi connectivity index (χ1v) is 19.6. The predicted octanol–water partition coefficient (Wildman–Crippen LogP) is 10.6. The lowest BCUT2D eigenvalue weighted by Crippen LogP contribution is -2.36. The summed E-state index contributed by atoms with van der Waals surface area (Å²) in [6, 6.07) is 4.57. The Morgan fingerprint density at radius 3 is 1.27 bits per heavy atom. The number of benzene rings is 2. The average Bonchev–Trinajstić information content (AvgIpc) is 3.91. The molecule has 2 saturated heterocycles. The van der Waals surface area contributed by atoms with E-state index in [1.807, 2.05) is 0 Å². The smallest absolute Gasteiger partial charge is 0.416 e. The minimum atomic E-state index is -4.48. The van der Waals surface area contributed by atoms with Gasteiger partial charge in [0, 0.05) is 33.9 Å². The quantitative estimate of drug-likeness (QED) is 0.175. The predicted molar refractivity (Wildman–Crippen MR) is 193 cm³/mol. The van der Waals surface area contributed by atoms with E-state index < -0.39 is 23.5 Å². The third-order valence-electron chi connectivity index (χ3n) is 11.1. The Morgan fingerprint density at radius 2 is 0.962 bits per heavy atom. The molecule has 0 N–H and O–H groups in total. The Kier molecular flexibility index (Phi) is 13.8. The van der Waals surface area contributed by atoms with Crippen molar-refractivity contribution in [2.24, 2.45) is 11.8 Å². The maximum Gasteiger partial charge on any atom is 0.416 e. The molecule has 0 unspecified atom stereocenters. The minimum absolute atomic E-state index is 0.0209. The number of carbonyl (C=O) groups excluding carboxylic acids is 2. The zero-order chi connectivity index (χ0) is 37.8. The van der Waals surface area contributed by atoms with Gasteiger partial charge in [0.2, 0.25) is 0 Å². The molecule has 0 spiro atoms. The van der Waals surface area contributed by atoms with Crippen molar-refractivity contribution in [3.8, 4) is 11.5 Å². The van der Waals surface area contributed by atoms with Crippen molar-refractivity contribution in [2.45, 2.75) is 101 Å². The van der Waals surface area contributed by atoms with Crippen molar-refractivity contribution >= 4 is 43.4 Å². The van der Waals surface area contributed by atoms with Gasteiger partial charge >= 0.3 is 12.4 Å². The molecule has 2 aliphatic heterocycles. The van der Waals surface area contributed by atoms with Crippen molar-refractivity contribution in [1.29, 1.82) is 0 Å². The number of ether oxygens (including phenoxy) is 2. The fraction of sp³-hybridized carbons (Fsp3) is 0.632. The second kappa shape index (κ2) is 17.5. The average molecular weight is 869 g/mol. The first-order chi connectivity index (χ1) is 24.6. The number of hydrogen-bond donors (Lipinski definition) is 0. The molecule has 0 bridgehead atoms. The molecule has 6 nitrogen and oxygen atoms in total.